The molecule has 0 fully saturated rings. The second-order valence-corrected chi connectivity index (χ2v) is 8.20. The van der Waals surface area contributed by atoms with E-state index in [2.05, 4.69) is 35.4 Å². The molecule has 0 spiro atoms. The zero-order valence-corrected chi connectivity index (χ0v) is 22.7. The molecule has 2 aromatic rings. The average Bonchev–Trinajstić information content (AvgIpc) is 2.90. The summed E-state index contributed by atoms with van der Waals surface area (Å²) in [5.74, 6) is 0.207. The molecule has 6 heteroatoms. The minimum absolute atomic E-state index is 0.0254. The summed E-state index contributed by atoms with van der Waals surface area (Å²) >= 11 is 0. The summed E-state index contributed by atoms with van der Waals surface area (Å²) in [5.41, 5.74) is 5.27. The summed E-state index contributed by atoms with van der Waals surface area (Å²) in [5, 5.41) is 2.93. The normalized spacial score (nSPS) is 11.6. The Morgan fingerprint density at radius 2 is 1.72 bits per heavy atom. The molecule has 2 aromatic carbocycles. The SMILES string of the molecule is C=O.CCc1cccc(NC(=O)C(C)CC)c1.CN=C(/C=C\C(C)=O)c1cccc(CCCOC)c1. The minimum Gasteiger partial charge on any atom is -0.385 e. The third-order valence-corrected chi connectivity index (χ3v) is 5.42. The number of methoxy groups -OCH3 is 1. The van der Waals surface area contributed by atoms with Crippen LogP contribution in [0.25, 0.3) is 0 Å². The first-order chi connectivity index (χ1) is 17.3. The summed E-state index contributed by atoms with van der Waals surface area (Å²) in [6, 6.07) is 16.2. The van der Waals surface area contributed by atoms with Gasteiger partial charge in [-0.2, -0.15) is 0 Å². The topological polar surface area (TPSA) is 84.8 Å². The molecule has 0 saturated heterocycles. The van der Waals surface area contributed by atoms with Crippen molar-refractivity contribution in [3.05, 3.63) is 77.4 Å². The molecule has 0 aliphatic heterocycles. The number of nitrogens with zero attached hydrogens (tertiary/aromatic N) is 1. The Morgan fingerprint density at radius 1 is 1.06 bits per heavy atom. The summed E-state index contributed by atoms with van der Waals surface area (Å²) in [6.45, 7) is 10.4. The molecule has 6 nitrogen and oxygen atoms in total. The Balaban J connectivity index is 0.000000651. The van der Waals surface area contributed by atoms with Crippen molar-refractivity contribution in [1.29, 1.82) is 0 Å². The van der Waals surface area contributed by atoms with Crippen LogP contribution in [0.15, 0.2) is 65.7 Å². The van der Waals surface area contributed by atoms with Crippen molar-refractivity contribution in [2.75, 3.05) is 26.1 Å². The molecule has 0 heterocycles. The van der Waals surface area contributed by atoms with E-state index >= 15 is 0 Å². The van der Waals surface area contributed by atoms with Gasteiger partial charge in [-0.25, -0.2) is 0 Å². The van der Waals surface area contributed by atoms with Crippen LogP contribution in [0.3, 0.4) is 0 Å². The number of benzene rings is 2. The molecule has 1 atom stereocenters. The van der Waals surface area contributed by atoms with Gasteiger partial charge in [0.25, 0.3) is 0 Å². The van der Waals surface area contributed by atoms with Gasteiger partial charge in [0.15, 0.2) is 5.78 Å². The zero-order chi connectivity index (χ0) is 27.3. The molecule has 0 saturated carbocycles. The van der Waals surface area contributed by atoms with Gasteiger partial charge in [-0.15, -0.1) is 0 Å². The molecule has 2 rings (SSSR count). The fourth-order valence-corrected chi connectivity index (χ4v) is 3.12. The summed E-state index contributed by atoms with van der Waals surface area (Å²) < 4.78 is 5.05. The number of nitrogens with one attached hydrogen (secondary N) is 1. The van der Waals surface area contributed by atoms with Crippen molar-refractivity contribution >= 4 is 29.9 Å². The van der Waals surface area contributed by atoms with Crippen LogP contribution in [-0.4, -0.2) is 45.0 Å². The maximum atomic E-state index is 11.6. The lowest BCUT2D eigenvalue weighted by Crippen LogP contribution is -2.19. The number of anilines is 1. The number of hydrogen-bond donors (Lipinski definition) is 1. The number of carbonyl (C=O) groups is 3. The Morgan fingerprint density at radius 3 is 2.31 bits per heavy atom. The standard InChI is InChI=1S/C16H21NO2.C13H19NO.CH2O/c1-13(18)9-10-16(17-2)15-8-4-6-14(12-15)7-5-11-19-3;1-4-10(3)13(15)14-12-8-6-7-11(5-2)9-12;1-2/h4,6,8-10,12H,5,7,11H2,1-3H3;6-10H,4-5H2,1-3H3,(H,14,15);1H2/b10-9-,17-16?;;. The molecule has 196 valence electrons. The van der Waals surface area contributed by atoms with Crippen LogP contribution >= 0.6 is 0 Å². The van der Waals surface area contributed by atoms with E-state index in [-0.39, 0.29) is 17.6 Å². The van der Waals surface area contributed by atoms with Crippen molar-refractivity contribution in [1.82, 2.24) is 0 Å². The molecule has 1 unspecified atom stereocenters. The van der Waals surface area contributed by atoms with Gasteiger partial charge in [-0.1, -0.05) is 51.1 Å². The molecule has 1 amide bonds. The van der Waals surface area contributed by atoms with Gasteiger partial charge in [-0.3, -0.25) is 14.6 Å². The average molecular weight is 495 g/mol. The van der Waals surface area contributed by atoms with Crippen molar-refractivity contribution in [2.45, 2.75) is 53.4 Å². The van der Waals surface area contributed by atoms with Crippen LogP contribution in [0.4, 0.5) is 5.69 Å². The lowest BCUT2D eigenvalue weighted by molar-refractivity contribution is -0.119. The summed E-state index contributed by atoms with van der Waals surface area (Å²) in [6.07, 6.45) is 7.15. The number of hydrogen-bond acceptors (Lipinski definition) is 5. The predicted molar refractivity (Wildman–Crippen MR) is 150 cm³/mol. The van der Waals surface area contributed by atoms with Crippen molar-refractivity contribution in [3.8, 4) is 0 Å². The highest BCUT2D eigenvalue weighted by atomic mass is 16.5. The second kappa shape index (κ2) is 19.9. The van der Waals surface area contributed by atoms with E-state index in [0.717, 1.165) is 49.3 Å². The number of aliphatic imine (C=N–C) groups is 1. The maximum Gasteiger partial charge on any atom is 0.227 e. The Hall–Kier alpha value is -3.38. The molecule has 0 radical (unpaired) electrons. The van der Waals surface area contributed by atoms with Gasteiger partial charge in [0.05, 0.1) is 5.71 Å². The largest absolute Gasteiger partial charge is 0.385 e. The quantitative estimate of drug-likeness (QED) is 0.240. The number of amides is 1. The molecule has 0 aromatic heterocycles. The lowest BCUT2D eigenvalue weighted by atomic mass is 10.0. The highest BCUT2D eigenvalue weighted by Gasteiger charge is 2.10. The fraction of sp³-hybridized carbons (Fsp3) is 0.400. The number of carbonyl (C=O) groups excluding carboxylic acids is 3. The monoisotopic (exact) mass is 494 g/mol. The highest BCUT2D eigenvalue weighted by molar-refractivity contribution is 6.11. The summed E-state index contributed by atoms with van der Waals surface area (Å²) in [7, 11) is 3.45. The van der Waals surface area contributed by atoms with Crippen LogP contribution in [0.2, 0.25) is 0 Å². The number of rotatable bonds is 11. The van der Waals surface area contributed by atoms with Crippen LogP contribution in [-0.2, 0) is 32.0 Å². The van der Waals surface area contributed by atoms with Crippen molar-refractivity contribution in [2.24, 2.45) is 10.9 Å². The Bertz CT molecular complexity index is 982. The van der Waals surface area contributed by atoms with E-state index in [0.29, 0.717) is 0 Å². The first-order valence-corrected chi connectivity index (χ1v) is 12.3. The van der Waals surface area contributed by atoms with Gasteiger partial charge in [0.2, 0.25) is 5.91 Å². The zero-order valence-electron chi connectivity index (χ0n) is 22.7. The molecule has 0 aliphatic rings. The van der Waals surface area contributed by atoms with E-state index in [1.165, 1.54) is 18.1 Å². The maximum absolute atomic E-state index is 11.6. The molecule has 0 bridgehead atoms. The second-order valence-electron chi connectivity index (χ2n) is 8.20. The first-order valence-electron chi connectivity index (χ1n) is 12.3. The van der Waals surface area contributed by atoms with Crippen molar-refractivity contribution < 1.29 is 19.1 Å². The molecule has 1 N–H and O–H groups in total. The lowest BCUT2D eigenvalue weighted by Gasteiger charge is -2.10. The van der Waals surface area contributed by atoms with E-state index in [1.807, 2.05) is 51.0 Å². The van der Waals surface area contributed by atoms with Gasteiger partial charge in [0.1, 0.15) is 6.79 Å². The number of aryl methyl sites for hydroxylation is 2. The van der Waals surface area contributed by atoms with E-state index in [1.54, 1.807) is 26.3 Å². The van der Waals surface area contributed by atoms with Gasteiger partial charge >= 0.3 is 0 Å². The third kappa shape index (κ3) is 13.5. The van der Waals surface area contributed by atoms with E-state index in [4.69, 9.17) is 9.53 Å². The number of allylic oxidation sites excluding steroid dienone is 2. The van der Waals surface area contributed by atoms with Crippen LogP contribution in [0.5, 0.6) is 0 Å². The van der Waals surface area contributed by atoms with Crippen LogP contribution in [0.1, 0.15) is 57.2 Å². The fourth-order valence-electron chi connectivity index (χ4n) is 3.12. The predicted octanol–water partition coefficient (Wildman–Crippen LogP) is 5.88. The first kappa shape index (κ1) is 32.6. The van der Waals surface area contributed by atoms with Crippen LogP contribution < -0.4 is 5.32 Å². The van der Waals surface area contributed by atoms with Crippen molar-refractivity contribution in [3.63, 3.8) is 0 Å². The number of ether oxygens (including phenoxy) is 1. The molecule has 0 aliphatic carbocycles. The van der Waals surface area contributed by atoms with E-state index in [9.17, 15) is 9.59 Å². The third-order valence-electron chi connectivity index (χ3n) is 5.42. The Kier molecular flexibility index (Phi) is 18.0. The Labute approximate surface area is 216 Å². The number of ketones is 1. The molecule has 36 heavy (non-hydrogen) atoms. The molecular formula is C30H42N2O4. The smallest absolute Gasteiger partial charge is 0.227 e. The summed E-state index contributed by atoms with van der Waals surface area (Å²) in [4.78, 5) is 34.8. The highest BCUT2D eigenvalue weighted by Crippen LogP contribution is 2.13. The van der Waals surface area contributed by atoms with Gasteiger partial charge in [0, 0.05) is 32.4 Å². The van der Waals surface area contributed by atoms with Crippen LogP contribution in [0, 0.1) is 5.92 Å². The minimum atomic E-state index is 0.0254. The molecular weight excluding hydrogens is 452 g/mol. The van der Waals surface area contributed by atoms with E-state index < -0.39 is 0 Å². The van der Waals surface area contributed by atoms with Gasteiger partial charge < -0.3 is 14.8 Å². The van der Waals surface area contributed by atoms with Gasteiger partial charge in [-0.05, 0) is 79.6 Å².